The van der Waals surface area contributed by atoms with Crippen LogP contribution in [0.3, 0.4) is 0 Å². The van der Waals surface area contributed by atoms with Gasteiger partial charge in [-0.25, -0.2) is 0 Å². The molecule has 0 unspecified atom stereocenters. The first kappa shape index (κ1) is 9.52. The molecule has 1 aliphatic rings. The van der Waals surface area contributed by atoms with E-state index in [0.717, 1.165) is 19.0 Å². The first-order valence-corrected chi connectivity index (χ1v) is 4.51. The number of likely N-dealkylation sites (tertiary alicyclic amines) is 1. The highest BCUT2D eigenvalue weighted by atomic mass is 16.5. The Morgan fingerprint density at radius 1 is 1.67 bits per heavy atom. The van der Waals surface area contributed by atoms with Gasteiger partial charge in [0, 0.05) is 6.54 Å². The van der Waals surface area contributed by atoms with Crippen LogP contribution in [0.1, 0.15) is 19.8 Å². The lowest BCUT2D eigenvalue weighted by molar-refractivity contribution is -0.142. The van der Waals surface area contributed by atoms with Crippen molar-refractivity contribution in [3.63, 3.8) is 0 Å². The molecule has 0 N–H and O–H groups in total. The third-order valence-electron chi connectivity index (χ3n) is 2.32. The van der Waals surface area contributed by atoms with Gasteiger partial charge in [-0.15, -0.1) is 0 Å². The van der Waals surface area contributed by atoms with E-state index in [1.807, 2.05) is 0 Å². The monoisotopic (exact) mass is 171 g/mol. The fourth-order valence-electron chi connectivity index (χ4n) is 1.68. The van der Waals surface area contributed by atoms with Crippen LogP contribution in [-0.2, 0) is 9.53 Å². The normalized spacial score (nSPS) is 25.3. The van der Waals surface area contributed by atoms with Gasteiger partial charge in [0.05, 0.1) is 13.7 Å². The summed E-state index contributed by atoms with van der Waals surface area (Å²) in [4.78, 5) is 13.1. The van der Waals surface area contributed by atoms with E-state index < -0.39 is 0 Å². The van der Waals surface area contributed by atoms with Crippen molar-refractivity contribution in [2.24, 2.45) is 5.92 Å². The molecule has 0 radical (unpaired) electrons. The summed E-state index contributed by atoms with van der Waals surface area (Å²) in [5.74, 6) is 0.604. The Morgan fingerprint density at radius 2 is 2.42 bits per heavy atom. The van der Waals surface area contributed by atoms with Gasteiger partial charge in [0.25, 0.3) is 0 Å². The predicted molar refractivity (Wildman–Crippen MR) is 46.9 cm³/mol. The Hall–Kier alpha value is -0.570. The molecule has 1 fully saturated rings. The zero-order valence-electron chi connectivity index (χ0n) is 7.88. The molecule has 1 aliphatic heterocycles. The molecule has 1 atom stereocenters. The number of carbonyl (C=O) groups excluding carboxylic acids is 1. The van der Waals surface area contributed by atoms with E-state index in [2.05, 4.69) is 16.6 Å². The molecular formula is C9H17NO2. The number of piperidine rings is 1. The minimum Gasteiger partial charge on any atom is -0.468 e. The van der Waals surface area contributed by atoms with Gasteiger partial charge in [-0.1, -0.05) is 6.92 Å². The van der Waals surface area contributed by atoms with Crippen molar-refractivity contribution < 1.29 is 9.53 Å². The molecule has 70 valence electrons. The maximum absolute atomic E-state index is 10.9. The summed E-state index contributed by atoms with van der Waals surface area (Å²) in [6, 6.07) is 0. The average Bonchev–Trinajstić information content (AvgIpc) is 2.04. The van der Waals surface area contributed by atoms with Crippen LogP contribution >= 0.6 is 0 Å². The number of methoxy groups -OCH3 is 1. The quantitative estimate of drug-likeness (QED) is 0.578. The number of carbonyl (C=O) groups is 1. The zero-order chi connectivity index (χ0) is 8.97. The Balaban J connectivity index is 2.27. The lowest BCUT2D eigenvalue weighted by Gasteiger charge is -2.29. The van der Waals surface area contributed by atoms with Gasteiger partial charge in [0.15, 0.2) is 0 Å². The fraction of sp³-hybridized carbons (Fsp3) is 0.889. The molecule has 0 saturated carbocycles. The van der Waals surface area contributed by atoms with E-state index in [-0.39, 0.29) is 5.97 Å². The molecule has 0 aromatic heterocycles. The highest BCUT2D eigenvalue weighted by Gasteiger charge is 2.18. The molecule has 1 saturated heterocycles. The van der Waals surface area contributed by atoms with Crippen LogP contribution in [0.4, 0.5) is 0 Å². The van der Waals surface area contributed by atoms with Crippen LogP contribution < -0.4 is 0 Å². The fourth-order valence-corrected chi connectivity index (χ4v) is 1.68. The predicted octanol–water partition coefficient (Wildman–Crippen LogP) is 0.891. The summed E-state index contributed by atoms with van der Waals surface area (Å²) in [5.41, 5.74) is 0. The van der Waals surface area contributed by atoms with E-state index in [0.29, 0.717) is 6.54 Å². The molecule has 0 aromatic rings. The molecule has 0 aromatic carbocycles. The van der Waals surface area contributed by atoms with E-state index in [1.54, 1.807) is 0 Å². The summed E-state index contributed by atoms with van der Waals surface area (Å²) in [5, 5.41) is 0. The number of nitrogens with zero attached hydrogens (tertiary/aromatic N) is 1. The van der Waals surface area contributed by atoms with Crippen LogP contribution in [0.2, 0.25) is 0 Å². The SMILES string of the molecule is COC(=O)CN1CCC[C@H](C)C1. The maximum Gasteiger partial charge on any atom is 0.319 e. The standard InChI is InChI=1S/C9H17NO2/c1-8-4-3-5-10(6-8)7-9(11)12-2/h8H,3-7H2,1-2H3/t8-/m0/s1. The minimum atomic E-state index is -0.121. The van der Waals surface area contributed by atoms with Gasteiger partial charge in [-0.3, -0.25) is 9.69 Å². The van der Waals surface area contributed by atoms with Crippen molar-refractivity contribution >= 4 is 5.97 Å². The first-order chi connectivity index (χ1) is 5.72. The van der Waals surface area contributed by atoms with E-state index >= 15 is 0 Å². The van der Waals surface area contributed by atoms with Crippen molar-refractivity contribution in [3.8, 4) is 0 Å². The molecule has 0 aliphatic carbocycles. The van der Waals surface area contributed by atoms with Gasteiger partial charge in [0.1, 0.15) is 0 Å². The molecule has 1 heterocycles. The van der Waals surface area contributed by atoms with Crippen molar-refractivity contribution in [2.45, 2.75) is 19.8 Å². The van der Waals surface area contributed by atoms with Gasteiger partial charge in [-0.05, 0) is 25.3 Å². The molecule has 12 heavy (non-hydrogen) atoms. The second-order valence-corrected chi connectivity index (χ2v) is 3.56. The molecule has 3 heteroatoms. The Labute approximate surface area is 73.7 Å². The second kappa shape index (κ2) is 4.45. The number of hydrogen-bond acceptors (Lipinski definition) is 3. The second-order valence-electron chi connectivity index (χ2n) is 3.56. The van der Waals surface area contributed by atoms with Crippen LogP contribution in [0.25, 0.3) is 0 Å². The number of hydrogen-bond donors (Lipinski definition) is 0. The van der Waals surface area contributed by atoms with Crippen LogP contribution in [0.15, 0.2) is 0 Å². The van der Waals surface area contributed by atoms with E-state index in [4.69, 9.17) is 0 Å². The number of ether oxygens (including phenoxy) is 1. The summed E-state index contributed by atoms with van der Waals surface area (Å²) < 4.78 is 4.61. The lowest BCUT2D eigenvalue weighted by Crippen LogP contribution is -2.38. The van der Waals surface area contributed by atoms with Gasteiger partial charge < -0.3 is 4.74 Å². The molecule has 0 spiro atoms. The molecule has 0 bridgehead atoms. The maximum atomic E-state index is 10.9. The number of esters is 1. The zero-order valence-corrected chi connectivity index (χ0v) is 7.88. The molecule has 3 nitrogen and oxygen atoms in total. The van der Waals surface area contributed by atoms with Crippen molar-refractivity contribution in [2.75, 3.05) is 26.7 Å². The molecule has 1 rings (SSSR count). The van der Waals surface area contributed by atoms with Crippen LogP contribution in [0.5, 0.6) is 0 Å². The summed E-state index contributed by atoms with van der Waals surface area (Å²) in [7, 11) is 1.44. The number of rotatable bonds is 2. The molecule has 0 amide bonds. The first-order valence-electron chi connectivity index (χ1n) is 4.51. The summed E-state index contributed by atoms with van der Waals surface area (Å²) in [6.07, 6.45) is 2.50. The Bertz CT molecular complexity index is 159. The Morgan fingerprint density at radius 3 is 3.00 bits per heavy atom. The summed E-state index contributed by atoms with van der Waals surface area (Å²) in [6.45, 7) is 4.76. The van der Waals surface area contributed by atoms with Crippen LogP contribution in [0, 0.1) is 5.92 Å². The Kier molecular flexibility index (Phi) is 3.53. The van der Waals surface area contributed by atoms with Gasteiger partial charge in [-0.2, -0.15) is 0 Å². The van der Waals surface area contributed by atoms with E-state index in [9.17, 15) is 4.79 Å². The third kappa shape index (κ3) is 2.81. The average molecular weight is 171 g/mol. The smallest absolute Gasteiger partial charge is 0.319 e. The highest BCUT2D eigenvalue weighted by molar-refractivity contribution is 5.71. The van der Waals surface area contributed by atoms with Gasteiger partial charge >= 0.3 is 5.97 Å². The molecular weight excluding hydrogens is 154 g/mol. The highest BCUT2D eigenvalue weighted by Crippen LogP contribution is 2.14. The summed E-state index contributed by atoms with van der Waals surface area (Å²) >= 11 is 0. The van der Waals surface area contributed by atoms with Crippen molar-refractivity contribution in [1.29, 1.82) is 0 Å². The topological polar surface area (TPSA) is 29.5 Å². The minimum absolute atomic E-state index is 0.121. The third-order valence-corrected chi connectivity index (χ3v) is 2.32. The van der Waals surface area contributed by atoms with Crippen molar-refractivity contribution in [3.05, 3.63) is 0 Å². The largest absolute Gasteiger partial charge is 0.468 e. The van der Waals surface area contributed by atoms with E-state index in [1.165, 1.54) is 20.0 Å². The van der Waals surface area contributed by atoms with Crippen LogP contribution in [-0.4, -0.2) is 37.6 Å². The van der Waals surface area contributed by atoms with Crippen molar-refractivity contribution in [1.82, 2.24) is 4.90 Å². The lowest BCUT2D eigenvalue weighted by atomic mass is 10.0. The van der Waals surface area contributed by atoms with Gasteiger partial charge in [0.2, 0.25) is 0 Å².